The summed E-state index contributed by atoms with van der Waals surface area (Å²) in [5, 5.41) is 0. The van der Waals surface area contributed by atoms with E-state index in [0.29, 0.717) is 28.3 Å². The second kappa shape index (κ2) is 5.44. The van der Waals surface area contributed by atoms with Gasteiger partial charge in [-0.15, -0.1) is 0 Å². The Morgan fingerprint density at radius 2 is 1.75 bits per heavy atom. The summed E-state index contributed by atoms with van der Waals surface area (Å²) in [6.07, 6.45) is 0. The van der Waals surface area contributed by atoms with E-state index in [1.165, 1.54) is 13.0 Å². The summed E-state index contributed by atoms with van der Waals surface area (Å²) in [6, 6.07) is 11.3. The third-order valence-electron chi connectivity index (χ3n) is 2.76. The molecule has 0 saturated carbocycles. The lowest BCUT2D eigenvalue weighted by Gasteiger charge is -2.09. The van der Waals surface area contributed by atoms with Gasteiger partial charge in [0.2, 0.25) is 5.91 Å². The van der Waals surface area contributed by atoms with E-state index in [0.717, 1.165) is 0 Å². The molecule has 2 aromatic rings. The molecular weight excluding hydrogens is 256 g/mol. The monoisotopic (exact) mass is 270 g/mol. The van der Waals surface area contributed by atoms with Gasteiger partial charge < -0.3 is 16.2 Å². The average molecular weight is 270 g/mol. The van der Waals surface area contributed by atoms with Crippen molar-refractivity contribution in [2.45, 2.75) is 6.92 Å². The summed E-state index contributed by atoms with van der Waals surface area (Å²) in [4.78, 5) is 22.5. The molecule has 0 aliphatic rings. The molecule has 5 heteroatoms. The fraction of sp³-hybridized carbons (Fsp3) is 0.0667. The van der Waals surface area contributed by atoms with Gasteiger partial charge in [-0.3, -0.25) is 9.59 Å². The van der Waals surface area contributed by atoms with Gasteiger partial charge in [0.05, 0.1) is 0 Å². The van der Waals surface area contributed by atoms with Crippen LogP contribution < -0.4 is 16.2 Å². The normalized spacial score (nSPS) is 10.1. The van der Waals surface area contributed by atoms with Crippen molar-refractivity contribution in [3.63, 3.8) is 0 Å². The molecule has 2 aromatic carbocycles. The number of benzene rings is 2. The summed E-state index contributed by atoms with van der Waals surface area (Å²) in [7, 11) is 0. The lowest BCUT2D eigenvalue weighted by Crippen LogP contribution is -2.10. The van der Waals surface area contributed by atoms with E-state index in [1.807, 2.05) is 0 Å². The highest BCUT2D eigenvalue weighted by Gasteiger charge is 2.08. The van der Waals surface area contributed by atoms with Gasteiger partial charge >= 0.3 is 0 Å². The Bertz CT molecular complexity index is 681. The molecule has 0 unspecified atom stereocenters. The zero-order chi connectivity index (χ0) is 14.7. The summed E-state index contributed by atoms with van der Waals surface area (Å²) in [6.45, 7) is 1.43. The summed E-state index contributed by atoms with van der Waals surface area (Å²) < 4.78 is 5.60. The van der Waals surface area contributed by atoms with Crippen LogP contribution in [-0.2, 0) is 0 Å². The molecule has 4 N–H and O–H groups in total. The molecule has 0 atom stereocenters. The van der Waals surface area contributed by atoms with Crippen LogP contribution in [0.15, 0.2) is 42.5 Å². The Balaban J connectivity index is 2.30. The van der Waals surface area contributed by atoms with E-state index in [-0.39, 0.29) is 5.78 Å². The number of carbonyl (C=O) groups is 2. The molecule has 0 bridgehead atoms. The molecule has 0 heterocycles. The summed E-state index contributed by atoms with van der Waals surface area (Å²) >= 11 is 0. The van der Waals surface area contributed by atoms with Gasteiger partial charge in [-0.05, 0) is 43.3 Å². The average Bonchev–Trinajstić information content (AvgIpc) is 2.41. The van der Waals surface area contributed by atoms with Crippen LogP contribution in [0.25, 0.3) is 0 Å². The molecule has 0 aliphatic heterocycles. The number of hydrogen-bond acceptors (Lipinski definition) is 4. The first-order valence-electron chi connectivity index (χ1n) is 5.95. The zero-order valence-corrected chi connectivity index (χ0v) is 10.9. The van der Waals surface area contributed by atoms with E-state index in [2.05, 4.69) is 0 Å². The molecule has 20 heavy (non-hydrogen) atoms. The maximum absolute atomic E-state index is 11.4. The van der Waals surface area contributed by atoms with Crippen molar-refractivity contribution >= 4 is 17.4 Å². The van der Waals surface area contributed by atoms with Crippen LogP contribution in [0.3, 0.4) is 0 Å². The zero-order valence-electron chi connectivity index (χ0n) is 10.9. The van der Waals surface area contributed by atoms with Crippen molar-refractivity contribution in [2.24, 2.45) is 5.73 Å². The first-order chi connectivity index (χ1) is 9.47. The number of anilines is 1. The minimum Gasteiger partial charge on any atom is -0.457 e. The number of Topliss-reactive ketones (excluding diaryl/α,β-unsaturated/α-hetero) is 1. The van der Waals surface area contributed by atoms with Crippen LogP contribution in [0.5, 0.6) is 11.5 Å². The molecule has 0 radical (unpaired) electrons. The molecule has 0 aromatic heterocycles. The number of rotatable bonds is 4. The highest BCUT2D eigenvalue weighted by Crippen LogP contribution is 2.26. The summed E-state index contributed by atoms with van der Waals surface area (Å²) in [5.74, 6) is 0.252. The standard InChI is InChI=1S/C15H14N2O3/c1-9(18)13-8-12(5-6-14(13)16)20-11-4-2-3-10(7-11)15(17)19/h2-8H,16H2,1H3,(H2,17,19). The minimum absolute atomic E-state index is 0.140. The first-order valence-corrected chi connectivity index (χ1v) is 5.95. The maximum atomic E-state index is 11.4. The molecule has 5 nitrogen and oxygen atoms in total. The van der Waals surface area contributed by atoms with Crippen molar-refractivity contribution in [1.82, 2.24) is 0 Å². The van der Waals surface area contributed by atoms with Crippen molar-refractivity contribution in [3.05, 3.63) is 53.6 Å². The number of ether oxygens (including phenoxy) is 1. The smallest absolute Gasteiger partial charge is 0.248 e. The van der Waals surface area contributed by atoms with E-state index in [4.69, 9.17) is 16.2 Å². The fourth-order valence-corrected chi connectivity index (χ4v) is 1.75. The second-order valence-corrected chi connectivity index (χ2v) is 4.30. The van der Waals surface area contributed by atoms with Gasteiger partial charge in [0.15, 0.2) is 5.78 Å². The van der Waals surface area contributed by atoms with Crippen LogP contribution in [0, 0.1) is 0 Å². The Kier molecular flexibility index (Phi) is 3.70. The van der Waals surface area contributed by atoms with Crippen molar-refractivity contribution in [3.8, 4) is 11.5 Å². The van der Waals surface area contributed by atoms with Crippen molar-refractivity contribution < 1.29 is 14.3 Å². The lowest BCUT2D eigenvalue weighted by atomic mass is 10.1. The van der Waals surface area contributed by atoms with Crippen LogP contribution in [0.1, 0.15) is 27.6 Å². The number of carbonyl (C=O) groups excluding carboxylic acids is 2. The van der Waals surface area contributed by atoms with Crippen LogP contribution >= 0.6 is 0 Å². The topological polar surface area (TPSA) is 95.4 Å². The number of nitrogens with two attached hydrogens (primary N) is 2. The molecule has 0 spiro atoms. The highest BCUT2D eigenvalue weighted by molar-refractivity contribution is 5.99. The van der Waals surface area contributed by atoms with Gasteiger partial charge in [0, 0.05) is 16.8 Å². The van der Waals surface area contributed by atoms with Crippen LogP contribution in [0.2, 0.25) is 0 Å². The SMILES string of the molecule is CC(=O)c1cc(Oc2cccc(C(N)=O)c2)ccc1N. The number of hydrogen-bond donors (Lipinski definition) is 2. The molecule has 0 aliphatic carbocycles. The molecule has 1 amide bonds. The van der Waals surface area contributed by atoms with E-state index in [1.54, 1.807) is 36.4 Å². The van der Waals surface area contributed by atoms with E-state index >= 15 is 0 Å². The molecular formula is C15H14N2O3. The van der Waals surface area contributed by atoms with E-state index in [9.17, 15) is 9.59 Å². The Hall–Kier alpha value is -2.82. The predicted octanol–water partition coefficient (Wildman–Crippen LogP) is 2.36. The quantitative estimate of drug-likeness (QED) is 0.658. The summed E-state index contributed by atoms with van der Waals surface area (Å²) in [5.41, 5.74) is 12.1. The Morgan fingerprint density at radius 1 is 1.05 bits per heavy atom. The minimum atomic E-state index is -0.530. The third-order valence-corrected chi connectivity index (χ3v) is 2.76. The van der Waals surface area contributed by atoms with Gasteiger partial charge in [-0.1, -0.05) is 6.07 Å². The lowest BCUT2D eigenvalue weighted by molar-refractivity contribution is 0.0996. The predicted molar refractivity (Wildman–Crippen MR) is 75.9 cm³/mol. The number of amides is 1. The maximum Gasteiger partial charge on any atom is 0.248 e. The fourth-order valence-electron chi connectivity index (χ4n) is 1.75. The molecule has 102 valence electrons. The van der Waals surface area contributed by atoms with Gasteiger partial charge in [-0.25, -0.2) is 0 Å². The molecule has 0 fully saturated rings. The van der Waals surface area contributed by atoms with Crippen LogP contribution in [-0.4, -0.2) is 11.7 Å². The van der Waals surface area contributed by atoms with E-state index < -0.39 is 5.91 Å². The van der Waals surface area contributed by atoms with Gasteiger partial charge in [-0.2, -0.15) is 0 Å². The first kappa shape index (κ1) is 13.6. The third kappa shape index (κ3) is 2.95. The highest BCUT2D eigenvalue weighted by atomic mass is 16.5. The number of primary amides is 1. The largest absolute Gasteiger partial charge is 0.457 e. The molecule has 0 saturated heterocycles. The van der Waals surface area contributed by atoms with Gasteiger partial charge in [0.1, 0.15) is 11.5 Å². The van der Waals surface area contributed by atoms with Gasteiger partial charge in [0.25, 0.3) is 0 Å². The Morgan fingerprint density at radius 3 is 2.40 bits per heavy atom. The number of ketones is 1. The van der Waals surface area contributed by atoms with Crippen LogP contribution in [0.4, 0.5) is 5.69 Å². The van der Waals surface area contributed by atoms with Crippen molar-refractivity contribution in [2.75, 3.05) is 5.73 Å². The second-order valence-electron chi connectivity index (χ2n) is 4.30. The number of nitrogen functional groups attached to an aromatic ring is 1. The van der Waals surface area contributed by atoms with Crippen molar-refractivity contribution in [1.29, 1.82) is 0 Å². The molecule has 2 rings (SSSR count). The Labute approximate surface area is 116 Å².